The molecule has 0 radical (unpaired) electrons. The van der Waals surface area contributed by atoms with Gasteiger partial charge in [-0.15, -0.1) is 0 Å². The van der Waals surface area contributed by atoms with E-state index in [9.17, 15) is 14.4 Å². The Morgan fingerprint density at radius 2 is 1.71 bits per heavy atom. The van der Waals surface area contributed by atoms with E-state index in [0.717, 1.165) is 5.56 Å². The molecule has 2 unspecified atom stereocenters. The maximum Gasteiger partial charge on any atom is 0.325 e. The van der Waals surface area contributed by atoms with Crippen molar-refractivity contribution in [3.8, 4) is 5.75 Å². The van der Waals surface area contributed by atoms with Gasteiger partial charge in [0.1, 0.15) is 11.8 Å². The SMILES string of the molecule is CCC(Oc1ccccc1C)C(=O)Nc1ccc(C(=O)NC(C)C(=O)O)cc1. The highest BCUT2D eigenvalue weighted by atomic mass is 16.5. The van der Waals surface area contributed by atoms with Gasteiger partial charge >= 0.3 is 5.97 Å². The summed E-state index contributed by atoms with van der Waals surface area (Å²) < 4.78 is 5.82. The Morgan fingerprint density at radius 3 is 2.29 bits per heavy atom. The molecule has 2 amide bonds. The highest BCUT2D eigenvalue weighted by molar-refractivity contribution is 5.98. The quantitative estimate of drug-likeness (QED) is 0.649. The van der Waals surface area contributed by atoms with Crippen molar-refractivity contribution in [2.75, 3.05) is 5.32 Å². The van der Waals surface area contributed by atoms with E-state index in [0.29, 0.717) is 23.4 Å². The summed E-state index contributed by atoms with van der Waals surface area (Å²) in [6.07, 6.45) is -0.159. The molecule has 3 N–H and O–H groups in total. The number of anilines is 1. The predicted octanol–water partition coefficient (Wildman–Crippen LogP) is 2.99. The topological polar surface area (TPSA) is 105 Å². The van der Waals surface area contributed by atoms with Crippen molar-refractivity contribution in [2.45, 2.75) is 39.3 Å². The van der Waals surface area contributed by atoms with Crippen LogP contribution in [0.25, 0.3) is 0 Å². The molecule has 148 valence electrons. The third kappa shape index (κ3) is 5.57. The van der Waals surface area contributed by atoms with E-state index < -0.39 is 24.0 Å². The van der Waals surface area contributed by atoms with Gasteiger partial charge in [-0.05, 0) is 56.2 Å². The van der Waals surface area contributed by atoms with E-state index in [1.54, 1.807) is 12.1 Å². The number of carboxylic acids is 1. The molecule has 0 saturated carbocycles. The summed E-state index contributed by atoms with van der Waals surface area (Å²) in [7, 11) is 0. The lowest BCUT2D eigenvalue weighted by atomic mass is 10.1. The van der Waals surface area contributed by atoms with Crippen molar-refractivity contribution >= 4 is 23.5 Å². The van der Waals surface area contributed by atoms with E-state index in [1.807, 2.05) is 38.1 Å². The number of carbonyl (C=O) groups excluding carboxylic acids is 2. The van der Waals surface area contributed by atoms with Gasteiger partial charge in [-0.3, -0.25) is 14.4 Å². The molecule has 0 spiro atoms. The van der Waals surface area contributed by atoms with Crippen LogP contribution in [-0.4, -0.2) is 35.0 Å². The number of hydrogen-bond donors (Lipinski definition) is 3. The molecule has 7 nitrogen and oxygen atoms in total. The number of amides is 2. The average Bonchev–Trinajstić information content (AvgIpc) is 2.67. The van der Waals surface area contributed by atoms with Crippen LogP contribution in [0.5, 0.6) is 5.75 Å². The van der Waals surface area contributed by atoms with Crippen LogP contribution in [0.2, 0.25) is 0 Å². The van der Waals surface area contributed by atoms with Crippen molar-refractivity contribution in [1.82, 2.24) is 5.32 Å². The molecule has 0 aliphatic heterocycles. The fourth-order valence-corrected chi connectivity index (χ4v) is 2.43. The maximum atomic E-state index is 12.5. The second-order valence-corrected chi connectivity index (χ2v) is 6.38. The molecule has 0 aliphatic carbocycles. The largest absolute Gasteiger partial charge is 0.480 e. The molecule has 0 aromatic heterocycles. The maximum absolute atomic E-state index is 12.5. The standard InChI is InChI=1S/C21H24N2O5/c1-4-17(28-18-8-6-5-7-13(18)2)20(25)23-16-11-9-15(10-12-16)19(24)22-14(3)21(26)27/h5-12,14,17H,4H2,1-3H3,(H,22,24)(H,23,25)(H,26,27). The first-order valence-electron chi connectivity index (χ1n) is 8.98. The van der Waals surface area contributed by atoms with E-state index >= 15 is 0 Å². The normalized spacial score (nSPS) is 12.5. The molecule has 0 bridgehead atoms. The Morgan fingerprint density at radius 1 is 1.07 bits per heavy atom. The monoisotopic (exact) mass is 384 g/mol. The summed E-state index contributed by atoms with van der Waals surface area (Å²) in [4.78, 5) is 35.3. The van der Waals surface area contributed by atoms with Crippen molar-refractivity contribution in [3.05, 3.63) is 59.7 Å². The van der Waals surface area contributed by atoms with Crippen molar-refractivity contribution < 1.29 is 24.2 Å². The molecule has 28 heavy (non-hydrogen) atoms. The van der Waals surface area contributed by atoms with Gasteiger partial charge in [0.05, 0.1) is 0 Å². The van der Waals surface area contributed by atoms with Gasteiger partial charge in [-0.1, -0.05) is 25.1 Å². The van der Waals surface area contributed by atoms with E-state index in [1.165, 1.54) is 19.1 Å². The lowest BCUT2D eigenvalue weighted by Crippen LogP contribution is -2.38. The van der Waals surface area contributed by atoms with Crippen LogP contribution < -0.4 is 15.4 Å². The first kappa shape index (κ1) is 21.0. The number of hydrogen-bond acceptors (Lipinski definition) is 4. The van der Waals surface area contributed by atoms with Crippen molar-refractivity contribution in [3.63, 3.8) is 0 Å². The van der Waals surface area contributed by atoms with Crippen LogP contribution in [0.15, 0.2) is 48.5 Å². The second kappa shape index (κ2) is 9.55. The molecule has 7 heteroatoms. The fourth-order valence-electron chi connectivity index (χ4n) is 2.43. The lowest BCUT2D eigenvalue weighted by Gasteiger charge is -2.18. The van der Waals surface area contributed by atoms with Crippen LogP contribution in [0.1, 0.15) is 36.2 Å². The van der Waals surface area contributed by atoms with Crippen LogP contribution in [0.3, 0.4) is 0 Å². The summed E-state index contributed by atoms with van der Waals surface area (Å²) in [5.41, 5.74) is 1.76. The van der Waals surface area contributed by atoms with Gasteiger partial charge < -0.3 is 20.5 Å². The van der Waals surface area contributed by atoms with Crippen LogP contribution in [0, 0.1) is 6.92 Å². The first-order valence-corrected chi connectivity index (χ1v) is 8.98. The second-order valence-electron chi connectivity index (χ2n) is 6.38. The predicted molar refractivity (Wildman–Crippen MR) is 106 cm³/mol. The molecule has 2 rings (SSSR count). The fraction of sp³-hybridized carbons (Fsp3) is 0.286. The van der Waals surface area contributed by atoms with Gasteiger partial charge in [0.2, 0.25) is 0 Å². The number of ether oxygens (including phenoxy) is 1. The van der Waals surface area contributed by atoms with Crippen LogP contribution in [0.4, 0.5) is 5.69 Å². The van der Waals surface area contributed by atoms with E-state index in [4.69, 9.17) is 9.84 Å². The molecule has 0 fully saturated rings. The van der Waals surface area contributed by atoms with Gasteiger partial charge in [0.15, 0.2) is 6.10 Å². The average molecular weight is 384 g/mol. The summed E-state index contributed by atoms with van der Waals surface area (Å²) >= 11 is 0. The minimum Gasteiger partial charge on any atom is -0.480 e. The smallest absolute Gasteiger partial charge is 0.325 e. The van der Waals surface area contributed by atoms with Gasteiger partial charge in [0.25, 0.3) is 11.8 Å². The summed E-state index contributed by atoms with van der Waals surface area (Å²) in [5, 5.41) is 14.0. The third-order valence-electron chi connectivity index (χ3n) is 4.16. The third-order valence-corrected chi connectivity index (χ3v) is 4.16. The number of aryl methyl sites for hydroxylation is 1. The van der Waals surface area contributed by atoms with Crippen molar-refractivity contribution in [2.24, 2.45) is 0 Å². The minimum absolute atomic E-state index is 0.289. The number of rotatable bonds is 8. The highest BCUT2D eigenvalue weighted by Gasteiger charge is 2.20. The molecule has 0 saturated heterocycles. The number of carbonyl (C=O) groups is 3. The summed E-state index contributed by atoms with van der Waals surface area (Å²) in [6.45, 7) is 5.16. The summed E-state index contributed by atoms with van der Waals surface area (Å²) in [5.74, 6) is -1.25. The van der Waals surface area contributed by atoms with E-state index in [-0.39, 0.29) is 5.91 Å². The zero-order valence-electron chi connectivity index (χ0n) is 16.1. The van der Waals surface area contributed by atoms with Gasteiger partial charge in [0, 0.05) is 11.3 Å². The zero-order chi connectivity index (χ0) is 20.7. The Balaban J connectivity index is 2.00. The first-order chi connectivity index (χ1) is 13.3. The molecular weight excluding hydrogens is 360 g/mol. The number of nitrogens with one attached hydrogen (secondary N) is 2. The van der Waals surface area contributed by atoms with Crippen LogP contribution >= 0.6 is 0 Å². The minimum atomic E-state index is -1.11. The molecule has 0 aliphatic rings. The van der Waals surface area contributed by atoms with Gasteiger partial charge in [-0.25, -0.2) is 0 Å². The Bertz CT molecular complexity index is 848. The lowest BCUT2D eigenvalue weighted by molar-refractivity contribution is -0.138. The Kier molecular flexibility index (Phi) is 7.14. The summed E-state index contributed by atoms with van der Waals surface area (Å²) in [6, 6.07) is 12.7. The highest BCUT2D eigenvalue weighted by Crippen LogP contribution is 2.20. The number of carboxylic acid groups (broad SMARTS) is 1. The molecule has 2 atom stereocenters. The van der Waals surface area contributed by atoms with Gasteiger partial charge in [-0.2, -0.15) is 0 Å². The zero-order valence-corrected chi connectivity index (χ0v) is 16.1. The number of benzene rings is 2. The Hall–Kier alpha value is -3.35. The van der Waals surface area contributed by atoms with Crippen molar-refractivity contribution in [1.29, 1.82) is 0 Å². The number of aliphatic carboxylic acids is 1. The number of para-hydroxylation sites is 1. The van der Waals surface area contributed by atoms with E-state index in [2.05, 4.69) is 10.6 Å². The Labute approximate surface area is 163 Å². The molecular formula is C21H24N2O5. The molecule has 2 aromatic carbocycles. The molecule has 0 heterocycles. The molecule has 2 aromatic rings. The van der Waals surface area contributed by atoms with Crippen LogP contribution in [-0.2, 0) is 9.59 Å².